The summed E-state index contributed by atoms with van der Waals surface area (Å²) in [6.07, 6.45) is 0. The molecule has 0 saturated heterocycles. The van der Waals surface area contributed by atoms with Gasteiger partial charge in [0.2, 0.25) is 0 Å². The lowest BCUT2D eigenvalue weighted by atomic mass is 10.1. The number of hydrogen-bond acceptors (Lipinski definition) is 3. The van der Waals surface area contributed by atoms with E-state index in [-0.39, 0.29) is 17.6 Å². The number of hydrogen-bond donors (Lipinski definition) is 1. The van der Waals surface area contributed by atoms with Crippen molar-refractivity contribution >= 4 is 11.3 Å². The number of benzene rings is 1. The van der Waals surface area contributed by atoms with Gasteiger partial charge >= 0.3 is 0 Å². The van der Waals surface area contributed by atoms with Crippen LogP contribution in [0.5, 0.6) is 5.75 Å². The molecule has 2 nitrogen and oxygen atoms in total. The predicted molar refractivity (Wildman–Crippen MR) is 63.3 cm³/mol. The quantitative estimate of drug-likeness (QED) is 0.890. The Morgan fingerprint density at radius 2 is 2.19 bits per heavy atom. The summed E-state index contributed by atoms with van der Waals surface area (Å²) in [4.78, 5) is 1.05. The van der Waals surface area contributed by atoms with Crippen LogP contribution in [0.4, 0.5) is 4.39 Å². The summed E-state index contributed by atoms with van der Waals surface area (Å²) in [7, 11) is 1.44. The predicted octanol–water partition coefficient (Wildman–Crippen LogP) is 2.94. The van der Waals surface area contributed by atoms with Gasteiger partial charge in [0.1, 0.15) is 0 Å². The molecule has 2 rings (SSSR count). The highest BCUT2D eigenvalue weighted by Gasteiger charge is 2.12. The molecule has 0 unspecified atom stereocenters. The van der Waals surface area contributed by atoms with Crippen LogP contribution in [-0.2, 0) is 0 Å². The molecule has 2 N–H and O–H groups in total. The second-order valence-corrected chi connectivity index (χ2v) is 4.37. The van der Waals surface area contributed by atoms with E-state index in [1.54, 1.807) is 23.5 Å². The topological polar surface area (TPSA) is 35.2 Å². The number of nitrogens with two attached hydrogens (primary N) is 1. The highest BCUT2D eigenvalue weighted by atomic mass is 32.1. The van der Waals surface area contributed by atoms with Crippen molar-refractivity contribution in [2.24, 2.45) is 5.73 Å². The van der Waals surface area contributed by atoms with E-state index in [2.05, 4.69) is 0 Å². The summed E-state index contributed by atoms with van der Waals surface area (Å²) in [5.74, 6) is -0.144. The van der Waals surface area contributed by atoms with Crippen molar-refractivity contribution in [3.05, 3.63) is 52.0 Å². The lowest BCUT2D eigenvalue weighted by Gasteiger charge is -2.11. The molecule has 1 atom stereocenters. The van der Waals surface area contributed by atoms with Crippen molar-refractivity contribution in [2.75, 3.05) is 7.11 Å². The van der Waals surface area contributed by atoms with E-state index < -0.39 is 0 Å². The fourth-order valence-corrected chi connectivity index (χ4v) is 2.26. The minimum Gasteiger partial charge on any atom is -0.494 e. The third kappa shape index (κ3) is 2.08. The molecule has 0 bridgehead atoms. The van der Waals surface area contributed by atoms with Gasteiger partial charge in [-0.1, -0.05) is 12.1 Å². The summed E-state index contributed by atoms with van der Waals surface area (Å²) in [6, 6.07) is 8.38. The Morgan fingerprint density at radius 3 is 2.81 bits per heavy atom. The summed E-state index contributed by atoms with van der Waals surface area (Å²) in [5.41, 5.74) is 6.91. The van der Waals surface area contributed by atoms with Gasteiger partial charge in [-0.3, -0.25) is 0 Å². The monoisotopic (exact) mass is 237 g/mol. The second kappa shape index (κ2) is 4.63. The standard InChI is InChI=1S/C12H12FNOS/c1-15-10-7-8(4-5-9(10)13)12(14)11-3-2-6-16-11/h2-7,12H,14H2,1H3/t12-/m0/s1. The summed E-state index contributed by atoms with van der Waals surface area (Å²) < 4.78 is 18.1. The molecular weight excluding hydrogens is 225 g/mol. The van der Waals surface area contributed by atoms with Gasteiger partial charge in [0.05, 0.1) is 13.2 Å². The molecule has 0 fully saturated rings. The molecule has 84 valence electrons. The van der Waals surface area contributed by atoms with Gasteiger partial charge in [-0.05, 0) is 29.1 Å². The highest BCUT2D eigenvalue weighted by Crippen LogP contribution is 2.27. The number of ether oxygens (including phenoxy) is 1. The Hall–Kier alpha value is -1.39. The SMILES string of the molecule is COc1cc([C@H](N)c2cccs2)ccc1F. The van der Waals surface area contributed by atoms with Gasteiger partial charge in [-0.15, -0.1) is 11.3 Å². The summed E-state index contributed by atoms with van der Waals surface area (Å²) in [5, 5.41) is 1.97. The Bertz CT molecular complexity index is 470. The van der Waals surface area contributed by atoms with Gasteiger partial charge in [-0.25, -0.2) is 4.39 Å². The molecule has 1 aromatic carbocycles. The van der Waals surface area contributed by atoms with Crippen LogP contribution in [0.2, 0.25) is 0 Å². The van der Waals surface area contributed by atoms with Crippen molar-refractivity contribution in [3.63, 3.8) is 0 Å². The number of methoxy groups -OCH3 is 1. The van der Waals surface area contributed by atoms with E-state index in [1.165, 1.54) is 13.2 Å². The maximum Gasteiger partial charge on any atom is 0.165 e. The van der Waals surface area contributed by atoms with Gasteiger partial charge < -0.3 is 10.5 Å². The van der Waals surface area contributed by atoms with Crippen LogP contribution in [0.25, 0.3) is 0 Å². The second-order valence-electron chi connectivity index (χ2n) is 3.39. The van der Waals surface area contributed by atoms with Crippen molar-refractivity contribution < 1.29 is 9.13 Å². The Labute approximate surface area is 97.5 Å². The smallest absolute Gasteiger partial charge is 0.165 e. The van der Waals surface area contributed by atoms with Crippen LogP contribution >= 0.6 is 11.3 Å². The molecule has 0 amide bonds. The van der Waals surface area contributed by atoms with Crippen LogP contribution < -0.4 is 10.5 Å². The largest absolute Gasteiger partial charge is 0.494 e. The number of rotatable bonds is 3. The van der Waals surface area contributed by atoms with E-state index in [1.807, 2.05) is 17.5 Å². The van der Waals surface area contributed by atoms with E-state index >= 15 is 0 Å². The molecule has 0 aliphatic heterocycles. The van der Waals surface area contributed by atoms with Crippen molar-refractivity contribution in [2.45, 2.75) is 6.04 Å². The van der Waals surface area contributed by atoms with Crippen LogP contribution in [0.15, 0.2) is 35.7 Å². The van der Waals surface area contributed by atoms with Crippen LogP contribution in [0, 0.1) is 5.82 Å². The fourth-order valence-electron chi connectivity index (χ4n) is 1.50. The summed E-state index contributed by atoms with van der Waals surface area (Å²) >= 11 is 1.58. The average molecular weight is 237 g/mol. The molecule has 1 aromatic heterocycles. The average Bonchev–Trinajstić information content (AvgIpc) is 2.82. The molecule has 0 spiro atoms. The third-order valence-electron chi connectivity index (χ3n) is 2.38. The van der Waals surface area contributed by atoms with Gasteiger partial charge in [0.25, 0.3) is 0 Å². The molecule has 4 heteroatoms. The lowest BCUT2D eigenvalue weighted by Crippen LogP contribution is -2.10. The minimum atomic E-state index is -0.371. The lowest BCUT2D eigenvalue weighted by molar-refractivity contribution is 0.385. The molecular formula is C12H12FNOS. The Morgan fingerprint density at radius 1 is 1.38 bits per heavy atom. The first kappa shape index (κ1) is 11.1. The van der Waals surface area contributed by atoms with Crippen LogP contribution in [0.3, 0.4) is 0 Å². The normalized spacial score (nSPS) is 12.4. The van der Waals surface area contributed by atoms with Crippen LogP contribution in [0.1, 0.15) is 16.5 Å². The maximum atomic E-state index is 13.2. The first-order chi connectivity index (χ1) is 7.72. The molecule has 2 aromatic rings. The Kier molecular flexibility index (Phi) is 3.22. The van der Waals surface area contributed by atoms with E-state index in [0.717, 1.165) is 10.4 Å². The zero-order chi connectivity index (χ0) is 11.5. The van der Waals surface area contributed by atoms with Gasteiger partial charge in [0, 0.05) is 4.88 Å². The number of halogens is 1. The number of thiophene rings is 1. The molecule has 0 aliphatic rings. The van der Waals surface area contributed by atoms with Gasteiger partial charge in [-0.2, -0.15) is 0 Å². The first-order valence-electron chi connectivity index (χ1n) is 4.85. The zero-order valence-corrected chi connectivity index (χ0v) is 9.63. The van der Waals surface area contributed by atoms with Crippen LogP contribution in [-0.4, -0.2) is 7.11 Å². The Balaban J connectivity index is 2.34. The van der Waals surface area contributed by atoms with E-state index in [9.17, 15) is 4.39 Å². The maximum absolute atomic E-state index is 13.2. The fraction of sp³-hybridized carbons (Fsp3) is 0.167. The zero-order valence-electron chi connectivity index (χ0n) is 8.81. The first-order valence-corrected chi connectivity index (χ1v) is 5.72. The summed E-state index contributed by atoms with van der Waals surface area (Å²) in [6.45, 7) is 0. The molecule has 0 saturated carbocycles. The van der Waals surface area contributed by atoms with Crippen molar-refractivity contribution in [1.29, 1.82) is 0 Å². The van der Waals surface area contributed by atoms with Crippen molar-refractivity contribution in [3.8, 4) is 5.75 Å². The molecule has 16 heavy (non-hydrogen) atoms. The molecule has 0 radical (unpaired) electrons. The van der Waals surface area contributed by atoms with E-state index in [0.29, 0.717) is 0 Å². The minimum absolute atomic E-state index is 0.226. The third-order valence-corrected chi connectivity index (χ3v) is 3.34. The molecule has 0 aliphatic carbocycles. The van der Waals surface area contributed by atoms with E-state index in [4.69, 9.17) is 10.5 Å². The van der Waals surface area contributed by atoms with Crippen molar-refractivity contribution in [1.82, 2.24) is 0 Å². The van der Waals surface area contributed by atoms with Gasteiger partial charge in [0.15, 0.2) is 11.6 Å². The molecule has 1 heterocycles. The highest BCUT2D eigenvalue weighted by molar-refractivity contribution is 7.10.